The second-order valence-corrected chi connectivity index (χ2v) is 9.61. The molecule has 3 nitrogen and oxygen atoms in total. The molecule has 2 saturated heterocycles. The predicted molar refractivity (Wildman–Crippen MR) is 112 cm³/mol. The fourth-order valence-electron chi connectivity index (χ4n) is 5.86. The van der Waals surface area contributed by atoms with Gasteiger partial charge < -0.3 is 14.9 Å². The Balaban J connectivity index is 1.50. The van der Waals surface area contributed by atoms with E-state index in [-0.39, 0.29) is 5.92 Å². The maximum atomic E-state index is 13.3. The van der Waals surface area contributed by atoms with Gasteiger partial charge in [0.2, 0.25) is 0 Å². The van der Waals surface area contributed by atoms with Crippen molar-refractivity contribution in [2.24, 2.45) is 0 Å². The summed E-state index contributed by atoms with van der Waals surface area (Å²) in [5, 5.41) is 11.5. The maximum Gasteiger partial charge on any atom is 0.416 e. The van der Waals surface area contributed by atoms with Crippen molar-refractivity contribution in [3.05, 3.63) is 35.4 Å². The van der Waals surface area contributed by atoms with Gasteiger partial charge in [-0.15, -0.1) is 0 Å². The lowest BCUT2D eigenvalue weighted by atomic mass is 9.72. The molecular weight excluding hydrogens is 389 g/mol. The highest BCUT2D eigenvalue weighted by Crippen LogP contribution is 2.42. The minimum Gasteiger partial charge on any atom is -0.389 e. The van der Waals surface area contributed by atoms with Crippen molar-refractivity contribution in [1.82, 2.24) is 9.80 Å². The number of benzene rings is 1. The van der Waals surface area contributed by atoms with Crippen molar-refractivity contribution in [2.45, 2.75) is 81.5 Å². The highest BCUT2D eigenvalue weighted by molar-refractivity contribution is 5.31. The smallest absolute Gasteiger partial charge is 0.389 e. The zero-order chi connectivity index (χ0) is 21.2. The summed E-state index contributed by atoms with van der Waals surface area (Å²) < 4.78 is 40.0. The van der Waals surface area contributed by atoms with Gasteiger partial charge in [-0.05, 0) is 76.3 Å². The molecule has 4 rings (SSSR count). The van der Waals surface area contributed by atoms with E-state index in [2.05, 4.69) is 9.80 Å². The van der Waals surface area contributed by atoms with E-state index in [1.54, 1.807) is 6.07 Å². The number of nitrogens with zero attached hydrogens (tertiary/aromatic N) is 2. The second-order valence-electron chi connectivity index (χ2n) is 9.61. The van der Waals surface area contributed by atoms with Crippen molar-refractivity contribution in [3.8, 4) is 0 Å². The first-order valence-corrected chi connectivity index (χ1v) is 11.7. The van der Waals surface area contributed by atoms with E-state index >= 15 is 0 Å². The first kappa shape index (κ1) is 22.1. The molecule has 6 heteroatoms. The molecule has 3 fully saturated rings. The topological polar surface area (TPSA) is 26.7 Å². The zero-order valence-corrected chi connectivity index (χ0v) is 17.8. The molecule has 1 aromatic carbocycles. The van der Waals surface area contributed by atoms with E-state index in [1.165, 1.54) is 38.1 Å². The lowest BCUT2D eigenvalue weighted by Crippen LogP contribution is -2.48. The summed E-state index contributed by atoms with van der Waals surface area (Å²) in [5.74, 6) is -0.275. The summed E-state index contributed by atoms with van der Waals surface area (Å²) in [5.41, 5.74) is -0.887. The summed E-state index contributed by atoms with van der Waals surface area (Å²) in [6.45, 7) is 4.98. The van der Waals surface area contributed by atoms with Crippen LogP contribution in [0, 0.1) is 0 Å². The molecule has 1 aromatic rings. The van der Waals surface area contributed by atoms with Crippen LogP contribution in [-0.4, -0.2) is 59.3 Å². The number of likely N-dealkylation sites (tertiary alicyclic amines) is 2. The van der Waals surface area contributed by atoms with Crippen LogP contribution in [0.1, 0.15) is 74.8 Å². The summed E-state index contributed by atoms with van der Waals surface area (Å²) in [6.07, 6.45) is 4.82. The van der Waals surface area contributed by atoms with Gasteiger partial charge >= 0.3 is 6.18 Å². The summed E-state index contributed by atoms with van der Waals surface area (Å²) in [7, 11) is 0. The van der Waals surface area contributed by atoms with Crippen molar-refractivity contribution in [1.29, 1.82) is 0 Å². The first-order valence-electron chi connectivity index (χ1n) is 11.7. The molecule has 1 atom stereocenters. The van der Waals surface area contributed by atoms with Gasteiger partial charge in [-0.25, -0.2) is 0 Å². The van der Waals surface area contributed by atoms with Gasteiger partial charge in [-0.3, -0.25) is 0 Å². The molecule has 1 saturated carbocycles. The Morgan fingerprint density at radius 3 is 2.27 bits per heavy atom. The Morgan fingerprint density at radius 1 is 0.967 bits per heavy atom. The zero-order valence-electron chi connectivity index (χ0n) is 17.8. The molecule has 30 heavy (non-hydrogen) atoms. The van der Waals surface area contributed by atoms with Crippen molar-refractivity contribution >= 4 is 0 Å². The molecule has 0 amide bonds. The fraction of sp³-hybridized carbons (Fsp3) is 0.750. The number of hydrogen-bond donors (Lipinski definition) is 1. The molecule has 168 valence electrons. The van der Waals surface area contributed by atoms with E-state index in [1.807, 2.05) is 0 Å². The quantitative estimate of drug-likeness (QED) is 0.717. The van der Waals surface area contributed by atoms with E-state index in [0.29, 0.717) is 31.0 Å². The van der Waals surface area contributed by atoms with Crippen molar-refractivity contribution in [3.63, 3.8) is 0 Å². The minimum atomic E-state index is -4.36. The Labute approximate surface area is 178 Å². The van der Waals surface area contributed by atoms with Gasteiger partial charge in [0, 0.05) is 18.5 Å². The summed E-state index contributed by atoms with van der Waals surface area (Å²) >= 11 is 0. The maximum absolute atomic E-state index is 13.3. The highest BCUT2D eigenvalue weighted by Gasteiger charge is 2.41. The molecule has 0 aromatic heterocycles. The third-order valence-electron chi connectivity index (χ3n) is 7.64. The Morgan fingerprint density at radius 2 is 1.63 bits per heavy atom. The van der Waals surface area contributed by atoms with E-state index < -0.39 is 17.3 Å². The number of piperidine rings is 1. The van der Waals surface area contributed by atoms with Gasteiger partial charge in [0.15, 0.2) is 0 Å². The van der Waals surface area contributed by atoms with Crippen molar-refractivity contribution in [2.75, 3.05) is 32.7 Å². The van der Waals surface area contributed by atoms with Crippen LogP contribution in [-0.2, 0) is 6.18 Å². The Hall–Kier alpha value is -1.11. The van der Waals surface area contributed by atoms with Gasteiger partial charge in [0.25, 0.3) is 0 Å². The Bertz CT molecular complexity index is 688. The van der Waals surface area contributed by atoms with E-state index in [4.69, 9.17) is 0 Å². The standard InChI is InChI=1S/C24H35F3N2O/c25-24(26,27)20-8-6-7-19(17-20)22(23(30)11-2-1-3-12-23)18-28-15-9-21(10-16-28)29-13-4-5-14-29/h6-8,17,21-22,30H,1-5,9-16,18H2. The molecule has 2 aliphatic heterocycles. The lowest BCUT2D eigenvalue weighted by Gasteiger charge is -2.44. The summed E-state index contributed by atoms with van der Waals surface area (Å²) in [4.78, 5) is 4.99. The number of rotatable bonds is 5. The van der Waals surface area contributed by atoms with Crippen LogP contribution in [0.2, 0.25) is 0 Å². The SMILES string of the molecule is OC1(C(CN2CCC(N3CCCC3)CC2)c2cccc(C(F)(F)F)c2)CCCCC1. The second kappa shape index (κ2) is 9.17. The monoisotopic (exact) mass is 424 g/mol. The van der Waals surface area contributed by atoms with E-state index in [9.17, 15) is 18.3 Å². The fourth-order valence-corrected chi connectivity index (χ4v) is 5.86. The average Bonchev–Trinajstić information content (AvgIpc) is 3.27. The Kier molecular flexibility index (Phi) is 6.76. The highest BCUT2D eigenvalue weighted by atomic mass is 19.4. The van der Waals surface area contributed by atoms with E-state index in [0.717, 1.165) is 51.3 Å². The van der Waals surface area contributed by atoms with Crippen LogP contribution in [0.4, 0.5) is 13.2 Å². The molecule has 1 unspecified atom stereocenters. The van der Waals surface area contributed by atoms with Crippen LogP contribution in [0.5, 0.6) is 0 Å². The lowest BCUT2D eigenvalue weighted by molar-refractivity contribution is -0.137. The van der Waals surface area contributed by atoms with Gasteiger partial charge in [-0.1, -0.05) is 37.5 Å². The molecule has 3 aliphatic rings. The van der Waals surface area contributed by atoms with Crippen LogP contribution < -0.4 is 0 Å². The predicted octanol–water partition coefficient (Wildman–Crippen LogP) is 5.04. The number of alkyl halides is 3. The molecule has 0 bridgehead atoms. The average molecular weight is 425 g/mol. The van der Waals surface area contributed by atoms with Crippen LogP contribution in [0.15, 0.2) is 24.3 Å². The minimum absolute atomic E-state index is 0.275. The normalized spacial score (nSPS) is 25.5. The van der Waals surface area contributed by atoms with Crippen molar-refractivity contribution < 1.29 is 18.3 Å². The molecule has 2 heterocycles. The summed E-state index contributed by atoms with van der Waals surface area (Å²) in [6, 6.07) is 6.33. The largest absolute Gasteiger partial charge is 0.416 e. The first-order chi connectivity index (χ1) is 14.4. The molecular formula is C24H35F3N2O. The van der Waals surface area contributed by atoms with Crippen LogP contribution in [0.3, 0.4) is 0 Å². The number of hydrogen-bond acceptors (Lipinski definition) is 3. The van der Waals surface area contributed by atoms with Crippen LogP contribution in [0.25, 0.3) is 0 Å². The van der Waals surface area contributed by atoms with Crippen LogP contribution >= 0.6 is 0 Å². The third kappa shape index (κ3) is 5.03. The molecule has 0 spiro atoms. The molecule has 0 radical (unpaired) electrons. The number of halogens is 3. The third-order valence-corrected chi connectivity index (χ3v) is 7.64. The number of aliphatic hydroxyl groups is 1. The van der Waals surface area contributed by atoms with Gasteiger partial charge in [0.05, 0.1) is 11.2 Å². The molecule has 1 aliphatic carbocycles. The van der Waals surface area contributed by atoms with Gasteiger partial charge in [0.1, 0.15) is 0 Å². The molecule has 1 N–H and O–H groups in total. The van der Waals surface area contributed by atoms with Gasteiger partial charge in [-0.2, -0.15) is 13.2 Å².